The lowest BCUT2D eigenvalue weighted by atomic mass is 9.69. The van der Waals surface area contributed by atoms with Gasteiger partial charge in [-0.15, -0.1) is 0 Å². The molecule has 0 saturated carbocycles. The average molecular weight is 454 g/mol. The summed E-state index contributed by atoms with van der Waals surface area (Å²) in [4.78, 5) is 12.1. The average Bonchev–Trinajstić information content (AvgIpc) is 2.72. The molecule has 0 unspecified atom stereocenters. The second-order valence-electron chi connectivity index (χ2n) is 7.91. The third-order valence-corrected chi connectivity index (χ3v) is 6.45. The highest BCUT2D eigenvalue weighted by Gasteiger charge is 2.62. The lowest BCUT2D eigenvalue weighted by Crippen LogP contribution is -2.55. The predicted molar refractivity (Wildman–Crippen MR) is 112 cm³/mol. The molecule has 31 heavy (non-hydrogen) atoms. The van der Waals surface area contributed by atoms with Crippen molar-refractivity contribution < 1.29 is 28.1 Å². The molecule has 1 heterocycles. The number of benzene rings is 2. The fourth-order valence-electron chi connectivity index (χ4n) is 4.55. The van der Waals surface area contributed by atoms with Crippen LogP contribution < -0.4 is 5.32 Å². The van der Waals surface area contributed by atoms with E-state index in [1.165, 1.54) is 12.1 Å². The fourth-order valence-corrected chi connectivity index (χ4v) is 4.71. The van der Waals surface area contributed by atoms with E-state index < -0.39 is 30.2 Å². The van der Waals surface area contributed by atoms with Gasteiger partial charge in [0.15, 0.2) is 5.60 Å². The Labute approximate surface area is 181 Å². The van der Waals surface area contributed by atoms with Crippen molar-refractivity contribution in [3.05, 3.63) is 63.0 Å². The number of alkyl halides is 3. The molecule has 0 radical (unpaired) electrons. The Hall–Kier alpha value is -2.58. The molecule has 4 rings (SSSR count). The number of rotatable bonds is 3. The summed E-state index contributed by atoms with van der Waals surface area (Å²) < 4.78 is 43.4. The number of anilines is 1. The van der Waals surface area contributed by atoms with E-state index in [0.717, 1.165) is 4.76 Å². The first-order valence-electron chi connectivity index (χ1n) is 9.89. The van der Waals surface area contributed by atoms with Gasteiger partial charge in [-0.1, -0.05) is 30.7 Å². The Bertz CT molecular complexity index is 1090. The maximum Gasteiger partial charge on any atom is 0.419 e. The van der Waals surface area contributed by atoms with E-state index in [-0.39, 0.29) is 35.0 Å². The number of phenolic OH excluding ortho intramolecular Hbond substituents is 1. The molecule has 0 bridgehead atoms. The zero-order chi connectivity index (χ0) is 22.6. The number of hydrogen-bond acceptors (Lipinski definition) is 4. The number of phenols is 1. The van der Waals surface area contributed by atoms with Crippen molar-refractivity contribution in [1.82, 2.24) is 0 Å². The van der Waals surface area contributed by atoms with Crippen LogP contribution >= 0.6 is 11.6 Å². The first-order valence-corrected chi connectivity index (χ1v) is 10.3. The molecule has 0 amide bonds. The minimum atomic E-state index is -4.94. The van der Waals surface area contributed by atoms with Gasteiger partial charge in [0.25, 0.3) is 5.69 Å². The third-order valence-electron chi connectivity index (χ3n) is 6.15. The monoisotopic (exact) mass is 453 g/mol. The van der Waals surface area contributed by atoms with E-state index in [2.05, 4.69) is 5.32 Å². The SMILES string of the molecule is CC[C@@H]1C[C@](O)(C(F)(F)F)[C@@H](Nc2cccc3c2C=CC[N+]3=O)c2ccc(Cl)c(O)c21. The molecule has 3 atom stereocenters. The number of aromatic hydroxyl groups is 1. The lowest BCUT2D eigenvalue weighted by molar-refractivity contribution is -0.452. The molecule has 5 nitrogen and oxygen atoms in total. The number of halogens is 4. The quantitative estimate of drug-likeness (QED) is 0.511. The normalized spacial score (nSPS) is 25.2. The van der Waals surface area contributed by atoms with Crippen molar-refractivity contribution in [1.29, 1.82) is 0 Å². The molecule has 0 fully saturated rings. The van der Waals surface area contributed by atoms with E-state index >= 15 is 0 Å². The Kier molecular flexibility index (Phi) is 5.26. The largest absolute Gasteiger partial charge is 0.506 e. The number of nitrogens with zero attached hydrogens (tertiary/aromatic N) is 1. The minimum Gasteiger partial charge on any atom is -0.506 e. The van der Waals surface area contributed by atoms with Crippen LogP contribution in [0.2, 0.25) is 5.02 Å². The maximum absolute atomic E-state index is 14.2. The second kappa shape index (κ2) is 7.53. The summed E-state index contributed by atoms with van der Waals surface area (Å²) in [5.74, 6) is -1.01. The second-order valence-corrected chi connectivity index (χ2v) is 8.32. The predicted octanol–water partition coefficient (Wildman–Crippen LogP) is 5.83. The number of fused-ring (bicyclic) bond motifs is 2. The van der Waals surface area contributed by atoms with Gasteiger partial charge in [0.2, 0.25) is 6.54 Å². The molecule has 1 aliphatic heterocycles. The summed E-state index contributed by atoms with van der Waals surface area (Å²) in [7, 11) is 0. The molecular weight excluding hydrogens is 433 g/mol. The molecule has 9 heteroatoms. The maximum atomic E-state index is 14.2. The van der Waals surface area contributed by atoms with Crippen LogP contribution in [0, 0.1) is 4.91 Å². The van der Waals surface area contributed by atoms with Gasteiger partial charge in [0, 0.05) is 27.0 Å². The van der Waals surface area contributed by atoms with Crippen molar-refractivity contribution >= 4 is 29.1 Å². The zero-order valence-corrected chi connectivity index (χ0v) is 17.3. The van der Waals surface area contributed by atoms with E-state index in [9.17, 15) is 28.3 Å². The number of hydrogen-bond donors (Lipinski definition) is 3. The van der Waals surface area contributed by atoms with Crippen molar-refractivity contribution in [3.63, 3.8) is 0 Å². The van der Waals surface area contributed by atoms with Gasteiger partial charge >= 0.3 is 6.18 Å². The van der Waals surface area contributed by atoms with Crippen LogP contribution in [0.5, 0.6) is 5.75 Å². The highest BCUT2D eigenvalue weighted by Crippen LogP contribution is 2.56. The molecule has 2 aliphatic rings. The number of nitrogens with one attached hydrogen (secondary N) is 1. The highest BCUT2D eigenvalue weighted by molar-refractivity contribution is 6.32. The number of aliphatic hydroxyl groups is 1. The van der Waals surface area contributed by atoms with E-state index in [4.69, 9.17) is 11.6 Å². The van der Waals surface area contributed by atoms with Crippen molar-refractivity contribution in [2.75, 3.05) is 11.9 Å². The third kappa shape index (κ3) is 3.38. The van der Waals surface area contributed by atoms with Crippen molar-refractivity contribution in [2.45, 2.75) is 43.5 Å². The van der Waals surface area contributed by atoms with E-state index in [1.807, 2.05) is 0 Å². The zero-order valence-electron chi connectivity index (χ0n) is 16.6. The van der Waals surface area contributed by atoms with Gasteiger partial charge in [-0.2, -0.15) is 13.2 Å². The standard InChI is InChI=1S/C22H20ClF3N2O3/c1-2-12-11-21(30,22(24,25)26)20(14-8-9-15(23)19(29)18(12)14)27-16-6-3-7-17-13(16)5-4-10-28(17)31/h3-9,12,20,27,30H,2,10-11H2,1H3/p+1/t12-,20+,21-/m1/s1. The summed E-state index contributed by atoms with van der Waals surface area (Å²) in [5, 5.41) is 24.4. The van der Waals surface area contributed by atoms with Crippen LogP contribution in [-0.2, 0) is 0 Å². The van der Waals surface area contributed by atoms with Gasteiger partial charge in [0.1, 0.15) is 5.75 Å². The Morgan fingerprint density at radius 1 is 1.29 bits per heavy atom. The van der Waals surface area contributed by atoms with Gasteiger partial charge in [-0.25, -0.2) is 0 Å². The van der Waals surface area contributed by atoms with Gasteiger partial charge in [-0.3, -0.25) is 0 Å². The van der Waals surface area contributed by atoms with Gasteiger partial charge < -0.3 is 15.5 Å². The van der Waals surface area contributed by atoms with Crippen molar-refractivity contribution in [2.24, 2.45) is 0 Å². The molecule has 0 aromatic heterocycles. The molecule has 3 N–H and O–H groups in total. The minimum absolute atomic E-state index is 0.0374. The van der Waals surface area contributed by atoms with Crippen LogP contribution in [0.25, 0.3) is 6.08 Å². The Morgan fingerprint density at radius 3 is 2.71 bits per heavy atom. The highest BCUT2D eigenvalue weighted by atomic mass is 35.5. The Morgan fingerprint density at radius 2 is 2.03 bits per heavy atom. The first-order chi connectivity index (χ1) is 14.6. The smallest absolute Gasteiger partial charge is 0.419 e. The fraction of sp³-hybridized carbons (Fsp3) is 0.364. The molecule has 0 saturated heterocycles. The van der Waals surface area contributed by atoms with Crippen LogP contribution in [0.15, 0.2) is 36.4 Å². The molecule has 164 valence electrons. The summed E-state index contributed by atoms with van der Waals surface area (Å²) in [6.45, 7) is 1.83. The Balaban J connectivity index is 1.91. The topological polar surface area (TPSA) is 72.6 Å². The first kappa shape index (κ1) is 21.6. The lowest BCUT2D eigenvalue weighted by Gasteiger charge is -2.46. The van der Waals surface area contributed by atoms with Crippen LogP contribution in [0.4, 0.5) is 24.5 Å². The van der Waals surface area contributed by atoms with Gasteiger partial charge in [-0.05, 0) is 48.6 Å². The van der Waals surface area contributed by atoms with E-state index in [1.54, 1.807) is 37.3 Å². The molecular formula is C22H21ClF3N2O3+. The van der Waals surface area contributed by atoms with Crippen LogP contribution in [-0.4, -0.2) is 33.3 Å². The molecule has 0 spiro atoms. The summed E-state index contributed by atoms with van der Waals surface area (Å²) in [5.41, 5.74) is -1.64. The van der Waals surface area contributed by atoms with Crippen molar-refractivity contribution in [3.8, 4) is 5.75 Å². The summed E-state index contributed by atoms with van der Waals surface area (Å²) in [6, 6.07) is 5.81. The molecule has 2 aromatic rings. The summed E-state index contributed by atoms with van der Waals surface area (Å²) in [6.07, 6.45) is -2.02. The summed E-state index contributed by atoms with van der Waals surface area (Å²) >= 11 is 6.04. The number of nitroso groups, excluding NO2 is 1. The molecule has 2 aromatic carbocycles. The van der Waals surface area contributed by atoms with Crippen LogP contribution in [0.3, 0.4) is 0 Å². The van der Waals surface area contributed by atoms with Gasteiger partial charge in [0.05, 0.1) is 16.6 Å². The molecule has 1 aliphatic carbocycles. The van der Waals surface area contributed by atoms with Crippen LogP contribution in [0.1, 0.15) is 48.4 Å². The van der Waals surface area contributed by atoms with E-state index in [0.29, 0.717) is 16.8 Å².